The molecular formula is C10H16N4O3. The molecule has 17 heavy (non-hydrogen) atoms. The summed E-state index contributed by atoms with van der Waals surface area (Å²) >= 11 is 0. The highest BCUT2D eigenvalue weighted by atomic mass is 16.5. The summed E-state index contributed by atoms with van der Waals surface area (Å²) < 4.78 is 6.07. The van der Waals surface area contributed by atoms with Crippen molar-refractivity contribution in [2.24, 2.45) is 7.05 Å². The van der Waals surface area contributed by atoms with Crippen molar-refractivity contribution < 1.29 is 14.3 Å². The normalized spacial score (nSPS) is 9.82. The van der Waals surface area contributed by atoms with Gasteiger partial charge < -0.3 is 19.9 Å². The minimum Gasteiger partial charge on any atom is -0.469 e. The molecule has 1 rings (SSSR count). The number of hydrogen-bond acceptors (Lipinski definition) is 5. The SMILES string of the molecule is CNc1cn(C)c(C(=O)NCCC(=O)OC)n1. The molecule has 1 aromatic heterocycles. The topological polar surface area (TPSA) is 85.2 Å². The lowest BCUT2D eigenvalue weighted by Crippen LogP contribution is -2.28. The fourth-order valence-electron chi connectivity index (χ4n) is 1.26. The maximum absolute atomic E-state index is 11.7. The highest BCUT2D eigenvalue weighted by molar-refractivity contribution is 5.91. The summed E-state index contributed by atoms with van der Waals surface area (Å²) in [6.45, 7) is 0.229. The number of esters is 1. The number of methoxy groups -OCH3 is 1. The van der Waals surface area contributed by atoms with Gasteiger partial charge in [0.2, 0.25) is 5.82 Å². The van der Waals surface area contributed by atoms with Crippen molar-refractivity contribution >= 4 is 17.7 Å². The van der Waals surface area contributed by atoms with Gasteiger partial charge in [-0.25, -0.2) is 4.98 Å². The van der Waals surface area contributed by atoms with E-state index in [0.29, 0.717) is 11.6 Å². The largest absolute Gasteiger partial charge is 0.469 e. The van der Waals surface area contributed by atoms with Crippen LogP contribution in [-0.4, -0.2) is 42.1 Å². The van der Waals surface area contributed by atoms with Crippen LogP contribution in [0, 0.1) is 0 Å². The van der Waals surface area contributed by atoms with E-state index in [1.165, 1.54) is 7.11 Å². The van der Waals surface area contributed by atoms with Gasteiger partial charge in [-0.1, -0.05) is 0 Å². The molecule has 0 spiro atoms. The second-order valence-corrected chi connectivity index (χ2v) is 3.39. The molecule has 2 N–H and O–H groups in total. The summed E-state index contributed by atoms with van der Waals surface area (Å²) in [5.41, 5.74) is 0. The fraction of sp³-hybridized carbons (Fsp3) is 0.500. The molecule has 1 heterocycles. The molecular weight excluding hydrogens is 224 g/mol. The number of aromatic nitrogens is 2. The molecule has 7 nitrogen and oxygen atoms in total. The van der Waals surface area contributed by atoms with Crippen molar-refractivity contribution in [3.05, 3.63) is 12.0 Å². The summed E-state index contributed by atoms with van der Waals surface area (Å²) in [6, 6.07) is 0. The molecule has 0 saturated heterocycles. The third-order valence-corrected chi connectivity index (χ3v) is 2.18. The quantitative estimate of drug-likeness (QED) is 0.693. The number of nitrogens with zero attached hydrogens (tertiary/aromatic N) is 2. The molecule has 0 aromatic carbocycles. The molecule has 0 aliphatic rings. The van der Waals surface area contributed by atoms with Crippen molar-refractivity contribution in [1.82, 2.24) is 14.9 Å². The van der Waals surface area contributed by atoms with Gasteiger partial charge in [-0.3, -0.25) is 9.59 Å². The van der Waals surface area contributed by atoms with Gasteiger partial charge >= 0.3 is 5.97 Å². The average Bonchev–Trinajstić information content (AvgIpc) is 2.70. The van der Waals surface area contributed by atoms with Crippen LogP contribution in [0.5, 0.6) is 0 Å². The van der Waals surface area contributed by atoms with E-state index in [1.807, 2.05) is 0 Å². The van der Waals surface area contributed by atoms with Gasteiger partial charge in [0.15, 0.2) is 0 Å². The lowest BCUT2D eigenvalue weighted by Gasteiger charge is -2.03. The minimum absolute atomic E-state index is 0.144. The summed E-state index contributed by atoms with van der Waals surface area (Å²) in [5.74, 6) is 0.226. The molecule has 0 aliphatic carbocycles. The minimum atomic E-state index is -0.360. The first kappa shape index (κ1) is 13.0. The number of ether oxygens (including phenoxy) is 1. The fourth-order valence-corrected chi connectivity index (χ4v) is 1.26. The van der Waals surface area contributed by atoms with E-state index in [9.17, 15) is 9.59 Å². The predicted octanol–water partition coefficient (Wildman–Crippen LogP) is -0.245. The van der Waals surface area contributed by atoms with Crippen molar-refractivity contribution in [3.63, 3.8) is 0 Å². The van der Waals surface area contributed by atoms with E-state index in [0.717, 1.165) is 0 Å². The maximum atomic E-state index is 11.7. The Kier molecular flexibility index (Phi) is 4.50. The number of aryl methyl sites for hydroxylation is 1. The molecule has 0 aliphatic heterocycles. The summed E-state index contributed by atoms with van der Waals surface area (Å²) in [7, 11) is 4.76. The van der Waals surface area contributed by atoms with Crippen molar-refractivity contribution in [2.75, 3.05) is 26.0 Å². The average molecular weight is 240 g/mol. The lowest BCUT2D eigenvalue weighted by molar-refractivity contribution is -0.140. The first-order valence-corrected chi connectivity index (χ1v) is 5.14. The van der Waals surface area contributed by atoms with Gasteiger partial charge in [-0.15, -0.1) is 0 Å². The Morgan fingerprint density at radius 1 is 1.53 bits per heavy atom. The van der Waals surface area contributed by atoms with Crippen LogP contribution in [-0.2, 0) is 16.6 Å². The number of anilines is 1. The highest BCUT2D eigenvalue weighted by Gasteiger charge is 2.13. The zero-order chi connectivity index (χ0) is 12.8. The standard InChI is InChI=1S/C10H16N4O3/c1-11-7-6-14(2)9(13-7)10(16)12-5-4-8(15)17-3/h6,11H,4-5H2,1-3H3,(H,12,16). The van der Waals surface area contributed by atoms with Crippen LogP contribution >= 0.6 is 0 Å². The Hall–Kier alpha value is -2.05. The smallest absolute Gasteiger partial charge is 0.307 e. The van der Waals surface area contributed by atoms with Crippen LogP contribution in [0.2, 0.25) is 0 Å². The van der Waals surface area contributed by atoms with E-state index >= 15 is 0 Å². The predicted molar refractivity (Wildman–Crippen MR) is 61.7 cm³/mol. The van der Waals surface area contributed by atoms with Crippen molar-refractivity contribution in [1.29, 1.82) is 0 Å². The molecule has 1 amide bonds. The molecule has 0 bridgehead atoms. The summed E-state index contributed by atoms with van der Waals surface area (Å²) in [5, 5.41) is 5.43. The van der Waals surface area contributed by atoms with Gasteiger partial charge in [-0.2, -0.15) is 0 Å². The number of carbonyl (C=O) groups excluding carboxylic acids is 2. The second-order valence-electron chi connectivity index (χ2n) is 3.39. The van der Waals surface area contributed by atoms with E-state index in [4.69, 9.17) is 0 Å². The molecule has 0 radical (unpaired) electrons. The molecule has 94 valence electrons. The highest BCUT2D eigenvalue weighted by Crippen LogP contribution is 2.05. The second kappa shape index (κ2) is 5.88. The summed E-state index contributed by atoms with van der Waals surface area (Å²) in [4.78, 5) is 26.6. The Morgan fingerprint density at radius 2 is 2.24 bits per heavy atom. The van der Waals surface area contributed by atoms with Gasteiger partial charge in [0.1, 0.15) is 5.82 Å². The Labute approximate surface area is 99.2 Å². The Bertz CT molecular complexity index is 414. The molecule has 0 saturated carbocycles. The molecule has 0 fully saturated rings. The van der Waals surface area contributed by atoms with Crippen LogP contribution in [0.15, 0.2) is 6.20 Å². The number of hydrogen-bond donors (Lipinski definition) is 2. The van der Waals surface area contributed by atoms with Crippen molar-refractivity contribution in [2.45, 2.75) is 6.42 Å². The van der Waals surface area contributed by atoms with Gasteiger partial charge in [0.05, 0.1) is 13.5 Å². The zero-order valence-electron chi connectivity index (χ0n) is 10.1. The Balaban J connectivity index is 2.52. The number of amides is 1. The van der Waals surface area contributed by atoms with E-state index in [1.54, 1.807) is 24.9 Å². The van der Waals surface area contributed by atoms with Gasteiger partial charge in [-0.05, 0) is 0 Å². The van der Waals surface area contributed by atoms with E-state index < -0.39 is 0 Å². The van der Waals surface area contributed by atoms with Gasteiger partial charge in [0, 0.05) is 26.8 Å². The first-order valence-electron chi connectivity index (χ1n) is 5.14. The van der Waals surface area contributed by atoms with Crippen LogP contribution in [0.3, 0.4) is 0 Å². The number of imidazole rings is 1. The van der Waals surface area contributed by atoms with Crippen molar-refractivity contribution in [3.8, 4) is 0 Å². The lowest BCUT2D eigenvalue weighted by atomic mass is 10.4. The number of nitrogens with one attached hydrogen (secondary N) is 2. The molecule has 7 heteroatoms. The van der Waals surface area contributed by atoms with E-state index in [2.05, 4.69) is 20.4 Å². The van der Waals surface area contributed by atoms with Crippen LogP contribution in [0.25, 0.3) is 0 Å². The number of carbonyl (C=O) groups is 2. The molecule has 1 aromatic rings. The monoisotopic (exact) mass is 240 g/mol. The van der Waals surface area contributed by atoms with Crippen LogP contribution < -0.4 is 10.6 Å². The first-order chi connectivity index (χ1) is 8.08. The number of rotatable bonds is 5. The molecule has 0 unspecified atom stereocenters. The third-order valence-electron chi connectivity index (χ3n) is 2.18. The van der Waals surface area contributed by atoms with E-state index in [-0.39, 0.29) is 24.8 Å². The third kappa shape index (κ3) is 3.47. The summed E-state index contributed by atoms with van der Waals surface area (Å²) in [6.07, 6.45) is 1.85. The zero-order valence-corrected chi connectivity index (χ0v) is 10.1. The molecule has 0 atom stereocenters. The Morgan fingerprint density at radius 3 is 2.76 bits per heavy atom. The van der Waals surface area contributed by atoms with Gasteiger partial charge in [0.25, 0.3) is 5.91 Å². The van der Waals surface area contributed by atoms with Crippen LogP contribution in [0.1, 0.15) is 17.0 Å². The maximum Gasteiger partial charge on any atom is 0.307 e. The van der Waals surface area contributed by atoms with Crippen LogP contribution in [0.4, 0.5) is 5.82 Å².